The Balaban J connectivity index is 2.70. The van der Waals surface area contributed by atoms with Crippen LogP contribution in [0.15, 0.2) is 0 Å². The Kier molecular flexibility index (Phi) is 3.27. The average Bonchev–Trinajstić information content (AvgIpc) is 2.08. The van der Waals surface area contributed by atoms with Gasteiger partial charge >= 0.3 is 5.97 Å². The molecule has 1 fully saturated rings. The number of halogens is 1. The van der Waals surface area contributed by atoms with Gasteiger partial charge < -0.3 is 20.1 Å². The first-order chi connectivity index (χ1) is 5.57. The summed E-state index contributed by atoms with van der Waals surface area (Å²) in [4.78, 5) is 10.8. The number of carbonyl (C=O) groups excluding carboxylic acids is 1. The first-order valence-corrected chi connectivity index (χ1v) is 4.91. The second-order valence-corrected chi connectivity index (χ2v) is 3.44. The first kappa shape index (κ1) is 10.2. The van der Waals surface area contributed by atoms with Gasteiger partial charge in [-0.15, -0.1) is 0 Å². The van der Waals surface area contributed by atoms with E-state index in [9.17, 15) is 9.90 Å². The average molecular weight is 288 g/mol. The molecule has 1 aliphatic rings. The highest BCUT2D eigenvalue weighted by Crippen LogP contribution is 2.18. The lowest BCUT2D eigenvalue weighted by molar-refractivity contribution is -0.198. The Morgan fingerprint density at radius 3 is 2.42 bits per heavy atom. The van der Waals surface area contributed by atoms with E-state index in [2.05, 4.69) is 4.74 Å². The topological polar surface area (TPSA) is 87.0 Å². The van der Waals surface area contributed by atoms with Crippen LogP contribution in [0.4, 0.5) is 0 Å². The third-order valence-corrected chi connectivity index (χ3v) is 2.58. The number of carbonyl (C=O) groups is 1. The van der Waals surface area contributed by atoms with Gasteiger partial charge in [-0.2, -0.15) is 0 Å². The van der Waals surface area contributed by atoms with Crippen LogP contribution in [0.3, 0.4) is 0 Å². The van der Waals surface area contributed by atoms with Gasteiger partial charge in [-0.25, -0.2) is 4.79 Å². The van der Waals surface area contributed by atoms with Crippen molar-refractivity contribution in [3.63, 3.8) is 0 Å². The maximum absolute atomic E-state index is 10.8. The lowest BCUT2D eigenvalue weighted by Crippen LogP contribution is -2.56. The van der Waals surface area contributed by atoms with E-state index in [0.717, 1.165) is 0 Å². The van der Waals surface area contributed by atoms with Gasteiger partial charge in [0.05, 0.1) is 0 Å². The SMILES string of the molecule is O=C1O[C@H](CI)[C@@H](O)[C@H](O)[C@H]1O. The van der Waals surface area contributed by atoms with Crippen molar-refractivity contribution in [3.05, 3.63) is 0 Å². The fraction of sp³-hybridized carbons (Fsp3) is 0.833. The lowest BCUT2D eigenvalue weighted by Gasteiger charge is -2.33. The molecule has 0 saturated carbocycles. The number of aliphatic hydroxyl groups is 3. The van der Waals surface area contributed by atoms with E-state index in [1.807, 2.05) is 22.6 Å². The molecule has 0 aromatic heterocycles. The van der Waals surface area contributed by atoms with Crippen LogP contribution >= 0.6 is 22.6 Å². The standard InChI is InChI=1S/C6H9IO5/c7-1-2-3(8)4(9)5(10)6(11)12-2/h2-5,8-10H,1H2/t2-,3-,4+,5-/m1/s1. The molecule has 12 heavy (non-hydrogen) atoms. The minimum absolute atomic E-state index is 0.383. The molecule has 70 valence electrons. The predicted molar refractivity (Wildman–Crippen MR) is 46.8 cm³/mol. The van der Waals surface area contributed by atoms with Gasteiger partial charge in [-0.1, -0.05) is 22.6 Å². The highest BCUT2D eigenvalue weighted by Gasteiger charge is 2.42. The maximum atomic E-state index is 10.8. The summed E-state index contributed by atoms with van der Waals surface area (Å²) in [6.45, 7) is 0. The van der Waals surface area contributed by atoms with Gasteiger partial charge in [0.25, 0.3) is 0 Å². The monoisotopic (exact) mass is 288 g/mol. The maximum Gasteiger partial charge on any atom is 0.338 e. The van der Waals surface area contributed by atoms with Crippen LogP contribution in [-0.4, -0.2) is 50.1 Å². The molecule has 0 aliphatic carbocycles. The molecule has 0 bridgehead atoms. The summed E-state index contributed by atoms with van der Waals surface area (Å²) in [6, 6.07) is 0. The molecule has 0 spiro atoms. The molecule has 1 saturated heterocycles. The fourth-order valence-electron chi connectivity index (χ4n) is 0.958. The number of cyclic esters (lactones) is 1. The summed E-state index contributed by atoms with van der Waals surface area (Å²) in [7, 11) is 0. The van der Waals surface area contributed by atoms with Gasteiger partial charge in [0.1, 0.15) is 18.3 Å². The van der Waals surface area contributed by atoms with E-state index < -0.39 is 30.4 Å². The largest absolute Gasteiger partial charge is 0.457 e. The third kappa shape index (κ3) is 1.70. The van der Waals surface area contributed by atoms with Crippen molar-refractivity contribution < 1.29 is 24.9 Å². The van der Waals surface area contributed by atoms with Crippen molar-refractivity contribution in [2.75, 3.05) is 4.43 Å². The number of alkyl halides is 1. The van der Waals surface area contributed by atoms with Crippen molar-refractivity contribution in [2.45, 2.75) is 24.4 Å². The molecule has 5 nitrogen and oxygen atoms in total. The van der Waals surface area contributed by atoms with Crippen LogP contribution in [0.1, 0.15) is 0 Å². The fourth-order valence-corrected chi connectivity index (χ4v) is 1.66. The number of hydrogen-bond acceptors (Lipinski definition) is 5. The van der Waals surface area contributed by atoms with Crippen molar-refractivity contribution in [2.24, 2.45) is 0 Å². The number of esters is 1. The molecule has 4 atom stereocenters. The number of aliphatic hydroxyl groups excluding tert-OH is 3. The highest BCUT2D eigenvalue weighted by atomic mass is 127. The lowest BCUT2D eigenvalue weighted by atomic mass is 10.0. The van der Waals surface area contributed by atoms with Gasteiger partial charge in [0.15, 0.2) is 6.10 Å². The summed E-state index contributed by atoms with van der Waals surface area (Å²) >= 11 is 1.92. The molecule has 1 rings (SSSR count). The van der Waals surface area contributed by atoms with Crippen LogP contribution < -0.4 is 0 Å². The summed E-state index contributed by atoms with van der Waals surface area (Å²) in [6.07, 6.45) is -4.99. The Bertz CT molecular complexity index is 183. The molecule has 0 amide bonds. The Labute approximate surface area is 82.5 Å². The molecule has 0 aromatic rings. The summed E-state index contributed by atoms with van der Waals surface area (Å²) in [5.74, 6) is -0.880. The molecule has 0 aromatic carbocycles. The molecule has 1 aliphatic heterocycles. The zero-order valence-electron chi connectivity index (χ0n) is 6.05. The summed E-state index contributed by atoms with van der Waals surface area (Å²) < 4.78 is 5.01. The molecule has 3 N–H and O–H groups in total. The Morgan fingerprint density at radius 1 is 1.33 bits per heavy atom. The van der Waals surface area contributed by atoms with Gasteiger partial charge in [0, 0.05) is 4.43 Å². The van der Waals surface area contributed by atoms with Gasteiger partial charge in [0.2, 0.25) is 0 Å². The second-order valence-electron chi connectivity index (χ2n) is 2.56. The minimum atomic E-state index is -1.63. The van der Waals surface area contributed by atoms with Crippen molar-refractivity contribution >= 4 is 28.6 Å². The van der Waals surface area contributed by atoms with Crippen LogP contribution in [0.2, 0.25) is 0 Å². The Hall–Kier alpha value is 0.0800. The summed E-state index contributed by atoms with van der Waals surface area (Å²) in [5, 5.41) is 27.3. The molecule has 6 heteroatoms. The van der Waals surface area contributed by atoms with Crippen LogP contribution in [0.5, 0.6) is 0 Å². The van der Waals surface area contributed by atoms with E-state index >= 15 is 0 Å². The smallest absolute Gasteiger partial charge is 0.338 e. The van der Waals surface area contributed by atoms with E-state index in [0.29, 0.717) is 4.43 Å². The van der Waals surface area contributed by atoms with E-state index in [1.54, 1.807) is 0 Å². The molecule has 0 radical (unpaired) electrons. The van der Waals surface area contributed by atoms with Crippen LogP contribution in [0.25, 0.3) is 0 Å². The third-order valence-electron chi connectivity index (χ3n) is 1.72. The first-order valence-electron chi connectivity index (χ1n) is 3.38. The van der Waals surface area contributed by atoms with E-state index in [4.69, 9.17) is 10.2 Å². The molecule has 1 heterocycles. The van der Waals surface area contributed by atoms with Gasteiger partial charge in [-0.05, 0) is 0 Å². The normalized spacial score (nSPS) is 42.5. The van der Waals surface area contributed by atoms with Crippen molar-refractivity contribution in [3.8, 4) is 0 Å². The summed E-state index contributed by atoms with van der Waals surface area (Å²) in [5.41, 5.74) is 0. The minimum Gasteiger partial charge on any atom is -0.457 e. The zero-order valence-corrected chi connectivity index (χ0v) is 8.21. The van der Waals surface area contributed by atoms with E-state index in [1.165, 1.54) is 0 Å². The Morgan fingerprint density at radius 2 is 1.92 bits per heavy atom. The van der Waals surface area contributed by atoms with Gasteiger partial charge in [-0.3, -0.25) is 0 Å². The molecular formula is C6H9IO5. The molecular weight excluding hydrogens is 279 g/mol. The van der Waals surface area contributed by atoms with Crippen LogP contribution in [-0.2, 0) is 9.53 Å². The molecule has 0 unspecified atom stereocenters. The predicted octanol–water partition coefficient (Wildman–Crippen LogP) is -1.57. The highest BCUT2D eigenvalue weighted by molar-refractivity contribution is 14.1. The number of hydrogen-bond donors (Lipinski definition) is 3. The number of rotatable bonds is 1. The second kappa shape index (κ2) is 3.86. The van der Waals surface area contributed by atoms with Crippen molar-refractivity contribution in [1.82, 2.24) is 0 Å². The quantitative estimate of drug-likeness (QED) is 0.308. The van der Waals surface area contributed by atoms with E-state index in [-0.39, 0.29) is 0 Å². The zero-order chi connectivity index (χ0) is 9.30. The number of ether oxygens (including phenoxy) is 1. The van der Waals surface area contributed by atoms with Crippen molar-refractivity contribution in [1.29, 1.82) is 0 Å². The van der Waals surface area contributed by atoms with Crippen LogP contribution in [0, 0.1) is 0 Å².